The fourth-order valence-corrected chi connectivity index (χ4v) is 5.15. The second-order valence-electron chi connectivity index (χ2n) is 12.7. The Labute approximate surface area is 272 Å². The Bertz CT molecular complexity index is 1500. The number of benzene rings is 3. The second-order valence-corrected chi connectivity index (χ2v) is 12.7. The van der Waals surface area contributed by atoms with E-state index in [1.54, 1.807) is 0 Å². The third-order valence-corrected chi connectivity index (χ3v) is 7.72. The number of amides is 1. The first-order chi connectivity index (χ1) is 22.1. The smallest absolute Gasteiger partial charge is 0.264 e. The van der Waals surface area contributed by atoms with Crippen molar-refractivity contribution in [3.63, 3.8) is 0 Å². The van der Waals surface area contributed by atoms with Crippen molar-refractivity contribution in [1.29, 1.82) is 0 Å². The first kappa shape index (κ1) is 33.4. The van der Waals surface area contributed by atoms with Gasteiger partial charge in [-0.05, 0) is 79.6 Å². The molecule has 1 amide bonds. The summed E-state index contributed by atoms with van der Waals surface area (Å²) in [4.78, 5) is 17.1. The van der Waals surface area contributed by atoms with Crippen LogP contribution < -0.4 is 19.5 Å². The Morgan fingerprint density at radius 1 is 0.891 bits per heavy atom. The molecule has 1 atom stereocenters. The SMILES string of the molecule is Cc1ccc2c(c1)N=C(c1ccc(-c3ccc4c(c3)OC(COCCOCCNC(=O)CC(C)(C)OCCC(C)C)O4)cc1)CO2. The molecule has 3 aromatic carbocycles. The summed E-state index contributed by atoms with van der Waals surface area (Å²) >= 11 is 0. The Morgan fingerprint density at radius 2 is 1.61 bits per heavy atom. The molecule has 1 N–H and O–H groups in total. The molecule has 0 aromatic heterocycles. The van der Waals surface area contributed by atoms with E-state index in [2.05, 4.69) is 50.4 Å². The fourth-order valence-electron chi connectivity index (χ4n) is 5.15. The fraction of sp³-hybridized carbons (Fsp3) is 0.459. The summed E-state index contributed by atoms with van der Waals surface area (Å²) in [6.07, 6.45) is 0.773. The lowest BCUT2D eigenvalue weighted by molar-refractivity contribution is -0.127. The van der Waals surface area contributed by atoms with E-state index in [1.165, 1.54) is 0 Å². The predicted octanol–water partition coefficient (Wildman–Crippen LogP) is 6.65. The zero-order valence-electron chi connectivity index (χ0n) is 27.6. The molecule has 0 radical (unpaired) electrons. The van der Waals surface area contributed by atoms with Crippen molar-refractivity contribution in [3.8, 4) is 28.4 Å². The zero-order chi connectivity index (χ0) is 32.5. The summed E-state index contributed by atoms with van der Waals surface area (Å²) in [5.41, 5.74) is 5.57. The number of fused-ring (bicyclic) bond motifs is 2. The standard InChI is InChI=1S/C37H46N2O7/c1-25(2)14-16-44-37(4,5)22-35(40)38-15-17-41-18-19-42-24-36-45-33-13-11-29(21-34(33)46-36)27-7-9-28(10-8-27)31-23-43-32-12-6-26(3)20-30(32)39-31/h6-13,20-21,25,36H,14-19,22-24H2,1-5H3,(H,38,40). The minimum absolute atomic E-state index is 0.0456. The Hall–Kier alpha value is -3.92. The monoisotopic (exact) mass is 630 g/mol. The quantitative estimate of drug-likeness (QED) is 0.177. The lowest BCUT2D eigenvalue weighted by atomic mass is 10.0. The zero-order valence-corrected chi connectivity index (χ0v) is 27.6. The molecule has 2 aliphatic heterocycles. The van der Waals surface area contributed by atoms with Gasteiger partial charge in [0.15, 0.2) is 11.5 Å². The highest BCUT2D eigenvalue weighted by Gasteiger charge is 2.25. The predicted molar refractivity (Wildman–Crippen MR) is 179 cm³/mol. The van der Waals surface area contributed by atoms with Gasteiger partial charge < -0.3 is 33.7 Å². The lowest BCUT2D eigenvalue weighted by Crippen LogP contribution is -2.36. The molecule has 0 fully saturated rings. The number of hydrogen-bond acceptors (Lipinski definition) is 8. The van der Waals surface area contributed by atoms with Gasteiger partial charge in [-0.1, -0.05) is 50.2 Å². The van der Waals surface area contributed by atoms with Crippen molar-refractivity contribution < 1.29 is 33.2 Å². The Kier molecular flexibility index (Phi) is 11.3. The molecule has 0 spiro atoms. The summed E-state index contributed by atoms with van der Waals surface area (Å²) in [6, 6.07) is 20.3. The molecular weight excluding hydrogens is 584 g/mol. The van der Waals surface area contributed by atoms with Crippen molar-refractivity contribution in [3.05, 3.63) is 71.8 Å². The number of rotatable bonds is 16. The van der Waals surface area contributed by atoms with Crippen molar-refractivity contribution >= 4 is 17.3 Å². The number of aryl methyl sites for hydroxylation is 1. The van der Waals surface area contributed by atoms with E-state index in [9.17, 15) is 4.79 Å². The second kappa shape index (κ2) is 15.6. The van der Waals surface area contributed by atoms with Gasteiger partial charge in [-0.25, -0.2) is 4.99 Å². The number of nitrogens with zero attached hydrogens (tertiary/aromatic N) is 1. The van der Waals surface area contributed by atoms with Gasteiger partial charge in [0.2, 0.25) is 5.91 Å². The van der Waals surface area contributed by atoms with Crippen LogP contribution in [0.5, 0.6) is 17.2 Å². The maximum atomic E-state index is 12.2. The third kappa shape index (κ3) is 9.55. The van der Waals surface area contributed by atoms with Gasteiger partial charge in [-0.3, -0.25) is 4.79 Å². The molecule has 246 valence electrons. The van der Waals surface area contributed by atoms with E-state index in [1.807, 2.05) is 50.2 Å². The molecule has 3 aromatic rings. The first-order valence-corrected chi connectivity index (χ1v) is 16.1. The average Bonchev–Trinajstić information content (AvgIpc) is 3.43. The number of aliphatic imine (C=N–C) groups is 1. The summed E-state index contributed by atoms with van der Waals surface area (Å²) in [6.45, 7) is 13.3. The number of carbonyl (C=O) groups is 1. The highest BCUT2D eigenvalue weighted by atomic mass is 16.7. The van der Waals surface area contributed by atoms with E-state index in [-0.39, 0.29) is 12.5 Å². The number of ether oxygens (including phenoxy) is 6. The molecule has 9 nitrogen and oxygen atoms in total. The van der Waals surface area contributed by atoms with Crippen LogP contribution in [0.15, 0.2) is 65.7 Å². The minimum atomic E-state index is -0.520. The highest BCUT2D eigenvalue weighted by Crippen LogP contribution is 2.38. The maximum Gasteiger partial charge on any atom is 0.264 e. The molecule has 0 saturated carbocycles. The molecule has 2 heterocycles. The van der Waals surface area contributed by atoms with Gasteiger partial charge in [0, 0.05) is 13.2 Å². The van der Waals surface area contributed by atoms with Gasteiger partial charge >= 0.3 is 0 Å². The minimum Gasteiger partial charge on any atom is -0.485 e. The van der Waals surface area contributed by atoms with Gasteiger partial charge in [-0.2, -0.15) is 0 Å². The summed E-state index contributed by atoms with van der Waals surface area (Å²) in [7, 11) is 0. The van der Waals surface area contributed by atoms with Gasteiger partial charge in [0.1, 0.15) is 24.7 Å². The van der Waals surface area contributed by atoms with Gasteiger partial charge in [-0.15, -0.1) is 0 Å². The third-order valence-electron chi connectivity index (χ3n) is 7.72. The lowest BCUT2D eigenvalue weighted by Gasteiger charge is -2.25. The van der Waals surface area contributed by atoms with Gasteiger partial charge in [0.25, 0.3) is 6.29 Å². The maximum absolute atomic E-state index is 12.2. The Balaban J connectivity index is 0.986. The average molecular weight is 631 g/mol. The van der Waals surface area contributed by atoms with E-state index >= 15 is 0 Å². The summed E-state index contributed by atoms with van der Waals surface area (Å²) in [5, 5.41) is 2.89. The largest absolute Gasteiger partial charge is 0.485 e. The van der Waals surface area contributed by atoms with Crippen LogP contribution in [0, 0.1) is 12.8 Å². The summed E-state index contributed by atoms with van der Waals surface area (Å²) in [5.74, 6) is 2.73. The highest BCUT2D eigenvalue weighted by molar-refractivity contribution is 6.04. The van der Waals surface area contributed by atoms with Crippen LogP contribution in [0.3, 0.4) is 0 Å². The number of nitrogens with one attached hydrogen (secondary N) is 1. The molecule has 5 rings (SSSR count). The normalized spacial score (nSPS) is 15.3. The topological polar surface area (TPSA) is 96.8 Å². The van der Waals surface area contributed by atoms with E-state index < -0.39 is 11.9 Å². The van der Waals surface area contributed by atoms with E-state index in [0.29, 0.717) is 63.4 Å². The number of hydrogen-bond donors (Lipinski definition) is 1. The van der Waals surface area contributed by atoms with Crippen LogP contribution in [0.25, 0.3) is 11.1 Å². The first-order valence-electron chi connectivity index (χ1n) is 16.1. The van der Waals surface area contributed by atoms with Crippen LogP contribution >= 0.6 is 0 Å². The van der Waals surface area contributed by atoms with Crippen molar-refractivity contribution in [2.45, 2.75) is 59.4 Å². The van der Waals surface area contributed by atoms with Crippen LogP contribution in [-0.4, -0.2) is 69.7 Å². The number of carbonyl (C=O) groups excluding carboxylic acids is 1. The summed E-state index contributed by atoms with van der Waals surface area (Å²) < 4.78 is 35.0. The van der Waals surface area contributed by atoms with Crippen LogP contribution in [0.2, 0.25) is 0 Å². The molecule has 9 heteroatoms. The molecule has 0 aliphatic carbocycles. The van der Waals surface area contributed by atoms with Crippen molar-refractivity contribution in [1.82, 2.24) is 5.32 Å². The van der Waals surface area contributed by atoms with Crippen LogP contribution in [-0.2, 0) is 19.0 Å². The molecular formula is C37H46N2O7. The van der Waals surface area contributed by atoms with Crippen molar-refractivity contribution in [2.24, 2.45) is 10.9 Å². The molecule has 2 aliphatic rings. The van der Waals surface area contributed by atoms with E-state index in [4.69, 9.17) is 33.4 Å². The molecule has 0 saturated heterocycles. The molecule has 0 bridgehead atoms. The molecule has 46 heavy (non-hydrogen) atoms. The molecule has 1 unspecified atom stereocenters. The van der Waals surface area contributed by atoms with E-state index in [0.717, 1.165) is 45.8 Å². The van der Waals surface area contributed by atoms with Crippen molar-refractivity contribution in [2.75, 3.05) is 46.2 Å². The van der Waals surface area contributed by atoms with Crippen LogP contribution in [0.4, 0.5) is 5.69 Å². The Morgan fingerprint density at radius 3 is 2.41 bits per heavy atom. The van der Waals surface area contributed by atoms with Gasteiger partial charge in [0.05, 0.1) is 37.6 Å². The van der Waals surface area contributed by atoms with Crippen LogP contribution in [0.1, 0.15) is 51.7 Å².